The molecule has 1 heterocycles. The zero-order valence-corrected chi connectivity index (χ0v) is 19.4. The number of aliphatic hydroxyl groups is 1. The minimum Gasteiger partial charge on any atom is -0.480 e. The molecular formula is C26H30N2O6. The first-order valence-electron chi connectivity index (χ1n) is 11.5. The predicted molar refractivity (Wildman–Crippen MR) is 125 cm³/mol. The number of fused-ring (bicyclic) bond motifs is 3. The number of rotatable bonds is 7. The van der Waals surface area contributed by atoms with E-state index in [0.717, 1.165) is 22.3 Å². The monoisotopic (exact) mass is 466 g/mol. The summed E-state index contributed by atoms with van der Waals surface area (Å²) >= 11 is 0. The highest BCUT2D eigenvalue weighted by molar-refractivity contribution is 5.84. The number of aliphatic hydroxyl groups excluding tert-OH is 1. The predicted octanol–water partition coefficient (Wildman–Crippen LogP) is 3.13. The number of benzene rings is 2. The van der Waals surface area contributed by atoms with Crippen LogP contribution in [0, 0.1) is 0 Å². The highest BCUT2D eigenvalue weighted by atomic mass is 16.5. The molecule has 2 aliphatic rings. The third-order valence-electron chi connectivity index (χ3n) is 6.63. The van der Waals surface area contributed by atoms with Gasteiger partial charge in [0.2, 0.25) is 5.91 Å². The average molecular weight is 467 g/mol. The molecule has 180 valence electrons. The number of likely N-dealkylation sites (tertiary alicyclic amines) is 1. The highest BCUT2D eigenvalue weighted by Gasteiger charge is 2.39. The first kappa shape index (κ1) is 23.8. The fraction of sp³-hybridized carbons (Fsp3) is 0.423. The summed E-state index contributed by atoms with van der Waals surface area (Å²) in [6, 6.07) is 15.2. The Hall–Kier alpha value is -3.39. The third kappa shape index (κ3) is 4.92. The van der Waals surface area contributed by atoms with E-state index in [1.807, 2.05) is 24.3 Å². The number of β-amino-alcohol motifs (C(OH)–C–C–N with tert-alkyl or cyclic N) is 1. The molecule has 0 spiro atoms. The topological polar surface area (TPSA) is 116 Å². The Morgan fingerprint density at radius 3 is 2.24 bits per heavy atom. The summed E-state index contributed by atoms with van der Waals surface area (Å²) < 4.78 is 5.59. The summed E-state index contributed by atoms with van der Waals surface area (Å²) in [7, 11) is 0. The van der Waals surface area contributed by atoms with Gasteiger partial charge in [0.1, 0.15) is 12.6 Å². The second-order valence-corrected chi connectivity index (χ2v) is 9.62. The number of ether oxygens (including phenoxy) is 1. The lowest BCUT2D eigenvalue weighted by molar-refractivity contribution is -0.148. The molecule has 1 saturated heterocycles. The van der Waals surface area contributed by atoms with Crippen LogP contribution in [0.1, 0.15) is 50.2 Å². The largest absolute Gasteiger partial charge is 0.480 e. The van der Waals surface area contributed by atoms with E-state index in [-0.39, 0.29) is 37.8 Å². The van der Waals surface area contributed by atoms with Gasteiger partial charge in [-0.3, -0.25) is 4.79 Å². The second-order valence-electron chi connectivity index (χ2n) is 9.62. The number of carbonyl (C=O) groups excluding carboxylic acids is 2. The number of carboxylic acid groups (broad SMARTS) is 1. The molecule has 0 aromatic heterocycles. The summed E-state index contributed by atoms with van der Waals surface area (Å²) in [5.74, 6) is -1.52. The molecule has 2 aromatic carbocycles. The molecule has 34 heavy (non-hydrogen) atoms. The van der Waals surface area contributed by atoms with Crippen molar-refractivity contribution in [2.45, 2.75) is 56.7 Å². The number of hydrogen-bond donors (Lipinski definition) is 3. The van der Waals surface area contributed by atoms with Crippen LogP contribution in [0.3, 0.4) is 0 Å². The zero-order valence-electron chi connectivity index (χ0n) is 19.4. The maximum Gasteiger partial charge on any atom is 0.407 e. The van der Waals surface area contributed by atoms with Crippen molar-refractivity contribution in [2.24, 2.45) is 0 Å². The summed E-state index contributed by atoms with van der Waals surface area (Å²) in [5, 5.41) is 21.9. The summed E-state index contributed by atoms with van der Waals surface area (Å²) in [6.45, 7) is 3.78. The molecular weight excluding hydrogens is 436 g/mol. The number of nitrogens with zero attached hydrogens (tertiary/aromatic N) is 1. The van der Waals surface area contributed by atoms with E-state index in [0.29, 0.717) is 6.42 Å². The number of carboxylic acids is 1. The standard InChI is InChI=1S/C26H30N2O6/c1-26(2,12-11-23(30)28-14-16(29)13-22(28)24(31)32)27-25(33)34-15-21-19-9-5-3-7-17(19)18-8-4-6-10-20(18)21/h3-10,16,21-22,29H,11-15H2,1-2H3,(H,27,33)(H,31,32)/t16-,22-/m0/s1. The minimum absolute atomic E-state index is 0.00996. The molecule has 1 aliphatic heterocycles. The molecule has 0 saturated carbocycles. The molecule has 2 atom stereocenters. The van der Waals surface area contributed by atoms with Crippen LogP contribution in [-0.2, 0) is 14.3 Å². The zero-order chi connectivity index (χ0) is 24.5. The maximum absolute atomic E-state index is 12.6. The van der Waals surface area contributed by atoms with E-state index in [2.05, 4.69) is 29.6 Å². The SMILES string of the molecule is CC(C)(CCC(=O)N1C[C@@H](O)C[C@H]1C(=O)O)NC(=O)OCC1c2ccccc2-c2ccccc21. The normalized spacial score (nSPS) is 19.4. The number of amides is 2. The van der Waals surface area contributed by atoms with E-state index in [1.54, 1.807) is 13.8 Å². The molecule has 0 radical (unpaired) electrons. The lowest BCUT2D eigenvalue weighted by Gasteiger charge is -2.28. The molecule has 8 nitrogen and oxygen atoms in total. The Kier molecular flexibility index (Phi) is 6.61. The van der Waals surface area contributed by atoms with E-state index in [4.69, 9.17) is 4.74 Å². The van der Waals surface area contributed by atoms with Crippen LogP contribution in [0.2, 0.25) is 0 Å². The quantitative estimate of drug-likeness (QED) is 0.577. The van der Waals surface area contributed by atoms with Crippen molar-refractivity contribution in [2.75, 3.05) is 13.2 Å². The summed E-state index contributed by atoms with van der Waals surface area (Å²) in [5.41, 5.74) is 3.81. The van der Waals surface area contributed by atoms with Crippen molar-refractivity contribution in [3.8, 4) is 11.1 Å². The van der Waals surface area contributed by atoms with Crippen LogP contribution in [0.5, 0.6) is 0 Å². The van der Waals surface area contributed by atoms with Crippen molar-refractivity contribution >= 4 is 18.0 Å². The van der Waals surface area contributed by atoms with Gasteiger partial charge in [0.15, 0.2) is 0 Å². The van der Waals surface area contributed by atoms with Gasteiger partial charge in [-0.25, -0.2) is 9.59 Å². The molecule has 2 amide bonds. The van der Waals surface area contributed by atoms with E-state index in [9.17, 15) is 24.6 Å². The number of alkyl carbamates (subject to hydrolysis) is 1. The Morgan fingerprint density at radius 2 is 1.65 bits per heavy atom. The number of carbonyl (C=O) groups is 3. The van der Waals surface area contributed by atoms with Gasteiger partial charge in [0.25, 0.3) is 0 Å². The third-order valence-corrected chi connectivity index (χ3v) is 6.63. The summed E-state index contributed by atoms with van der Waals surface area (Å²) in [6.07, 6.45) is -1.03. The second kappa shape index (κ2) is 9.46. The molecule has 3 N–H and O–H groups in total. The Bertz CT molecular complexity index is 1050. The lowest BCUT2D eigenvalue weighted by Crippen LogP contribution is -2.46. The minimum atomic E-state index is -1.12. The van der Waals surface area contributed by atoms with Gasteiger partial charge in [0, 0.05) is 30.8 Å². The molecule has 0 bridgehead atoms. The van der Waals surface area contributed by atoms with Crippen molar-refractivity contribution in [3.63, 3.8) is 0 Å². The van der Waals surface area contributed by atoms with Gasteiger partial charge in [0.05, 0.1) is 6.10 Å². The summed E-state index contributed by atoms with van der Waals surface area (Å²) in [4.78, 5) is 37.7. The fourth-order valence-electron chi connectivity index (χ4n) is 4.86. The first-order chi connectivity index (χ1) is 16.2. The Labute approximate surface area is 198 Å². The van der Waals surface area contributed by atoms with Gasteiger partial charge in [-0.2, -0.15) is 0 Å². The molecule has 1 aliphatic carbocycles. The number of hydrogen-bond acceptors (Lipinski definition) is 5. The van der Waals surface area contributed by atoms with Crippen molar-refractivity contribution in [3.05, 3.63) is 59.7 Å². The van der Waals surface area contributed by atoms with Crippen molar-refractivity contribution in [1.82, 2.24) is 10.2 Å². The molecule has 1 fully saturated rings. The van der Waals surface area contributed by atoms with Gasteiger partial charge in [-0.15, -0.1) is 0 Å². The molecule has 0 unspecified atom stereocenters. The van der Waals surface area contributed by atoms with Crippen LogP contribution < -0.4 is 5.32 Å². The van der Waals surface area contributed by atoms with Crippen LogP contribution >= 0.6 is 0 Å². The fourth-order valence-corrected chi connectivity index (χ4v) is 4.86. The average Bonchev–Trinajstić information content (AvgIpc) is 3.34. The van der Waals surface area contributed by atoms with Crippen LogP contribution in [0.25, 0.3) is 11.1 Å². The first-order valence-corrected chi connectivity index (χ1v) is 11.5. The Morgan fingerprint density at radius 1 is 1.06 bits per heavy atom. The molecule has 8 heteroatoms. The van der Waals surface area contributed by atoms with Crippen LogP contribution in [0.4, 0.5) is 4.79 Å². The van der Waals surface area contributed by atoms with Crippen LogP contribution in [-0.4, -0.2) is 63.9 Å². The number of nitrogens with one attached hydrogen (secondary N) is 1. The van der Waals surface area contributed by atoms with Crippen molar-refractivity contribution in [1.29, 1.82) is 0 Å². The van der Waals surface area contributed by atoms with E-state index < -0.39 is 29.7 Å². The van der Waals surface area contributed by atoms with E-state index in [1.165, 1.54) is 4.90 Å². The highest BCUT2D eigenvalue weighted by Crippen LogP contribution is 2.44. The van der Waals surface area contributed by atoms with Gasteiger partial charge >= 0.3 is 12.1 Å². The van der Waals surface area contributed by atoms with Crippen molar-refractivity contribution < 1.29 is 29.3 Å². The van der Waals surface area contributed by atoms with Gasteiger partial charge in [-0.05, 0) is 42.5 Å². The number of aliphatic carboxylic acids is 1. The van der Waals surface area contributed by atoms with Gasteiger partial charge in [-0.1, -0.05) is 48.5 Å². The van der Waals surface area contributed by atoms with Crippen LogP contribution in [0.15, 0.2) is 48.5 Å². The van der Waals surface area contributed by atoms with E-state index >= 15 is 0 Å². The molecule has 2 aromatic rings. The molecule has 4 rings (SSSR count). The Balaban J connectivity index is 1.32. The van der Waals surface area contributed by atoms with Gasteiger partial charge < -0.3 is 25.2 Å². The smallest absolute Gasteiger partial charge is 0.407 e. The maximum atomic E-state index is 12.6. The lowest BCUT2D eigenvalue weighted by atomic mass is 9.97.